The molecule has 1 N–H and O–H groups in total. The summed E-state index contributed by atoms with van der Waals surface area (Å²) in [4.78, 5) is 16.9. The van der Waals surface area contributed by atoms with Crippen molar-refractivity contribution < 1.29 is 9.53 Å². The first kappa shape index (κ1) is 18.1. The third-order valence-corrected chi connectivity index (χ3v) is 5.00. The standard InChI is InChI=1S/C21H22N2O2S/c1-13-5-6-14(2)17(9-13)18-12-26-21(22-18)23-20(24)11-16-7-8-19(25-4)15(3)10-16/h5-10,12H,11H2,1-4H3,(H,22,23,24). The maximum Gasteiger partial charge on any atom is 0.230 e. The van der Waals surface area contributed by atoms with Crippen LogP contribution in [0, 0.1) is 20.8 Å². The number of aryl methyl sites for hydroxylation is 3. The van der Waals surface area contributed by atoms with Crippen LogP contribution in [0.1, 0.15) is 22.3 Å². The van der Waals surface area contributed by atoms with Crippen LogP contribution < -0.4 is 10.1 Å². The van der Waals surface area contributed by atoms with Crippen molar-refractivity contribution >= 4 is 22.4 Å². The van der Waals surface area contributed by atoms with E-state index in [2.05, 4.69) is 42.3 Å². The minimum atomic E-state index is -0.0727. The molecule has 0 aliphatic rings. The Bertz CT molecular complexity index is 947. The summed E-state index contributed by atoms with van der Waals surface area (Å²) in [6.07, 6.45) is 0.309. The van der Waals surface area contributed by atoms with Crippen LogP contribution in [0.25, 0.3) is 11.3 Å². The Labute approximate surface area is 157 Å². The molecule has 134 valence electrons. The number of amides is 1. The van der Waals surface area contributed by atoms with Crippen molar-refractivity contribution in [2.75, 3.05) is 12.4 Å². The zero-order valence-corrected chi connectivity index (χ0v) is 16.2. The molecule has 0 saturated heterocycles. The van der Waals surface area contributed by atoms with Gasteiger partial charge in [-0.05, 0) is 49.6 Å². The fourth-order valence-electron chi connectivity index (χ4n) is 2.87. The number of thiazole rings is 1. The maximum absolute atomic E-state index is 12.3. The molecule has 3 rings (SSSR count). The predicted octanol–water partition coefficient (Wildman–Crippen LogP) is 4.93. The second-order valence-electron chi connectivity index (χ2n) is 6.39. The normalized spacial score (nSPS) is 10.6. The number of rotatable bonds is 5. The molecule has 1 aromatic heterocycles. The lowest BCUT2D eigenvalue weighted by molar-refractivity contribution is -0.115. The summed E-state index contributed by atoms with van der Waals surface area (Å²) < 4.78 is 5.25. The predicted molar refractivity (Wildman–Crippen MR) is 107 cm³/mol. The first-order chi connectivity index (χ1) is 12.5. The zero-order chi connectivity index (χ0) is 18.7. The van der Waals surface area contributed by atoms with Crippen LogP contribution in [0.5, 0.6) is 5.75 Å². The Morgan fingerprint density at radius 2 is 1.92 bits per heavy atom. The number of aromatic nitrogens is 1. The summed E-state index contributed by atoms with van der Waals surface area (Å²) in [5, 5.41) is 5.50. The SMILES string of the molecule is COc1ccc(CC(=O)Nc2nc(-c3cc(C)ccc3C)cs2)cc1C. The number of hydrogen-bond donors (Lipinski definition) is 1. The van der Waals surface area contributed by atoms with E-state index in [-0.39, 0.29) is 5.91 Å². The molecular weight excluding hydrogens is 344 g/mol. The number of benzene rings is 2. The van der Waals surface area contributed by atoms with Gasteiger partial charge in [-0.2, -0.15) is 0 Å². The number of anilines is 1. The first-order valence-electron chi connectivity index (χ1n) is 8.43. The molecule has 0 radical (unpaired) electrons. The van der Waals surface area contributed by atoms with Gasteiger partial charge in [0.15, 0.2) is 5.13 Å². The molecule has 0 fully saturated rings. The Balaban J connectivity index is 1.70. The highest BCUT2D eigenvalue weighted by molar-refractivity contribution is 7.14. The lowest BCUT2D eigenvalue weighted by Gasteiger charge is -2.07. The monoisotopic (exact) mass is 366 g/mol. The van der Waals surface area contributed by atoms with Crippen molar-refractivity contribution in [2.24, 2.45) is 0 Å². The Morgan fingerprint density at radius 3 is 2.65 bits per heavy atom. The van der Waals surface area contributed by atoms with Crippen molar-refractivity contribution in [1.29, 1.82) is 0 Å². The van der Waals surface area contributed by atoms with E-state index in [0.717, 1.165) is 28.1 Å². The Kier molecular flexibility index (Phi) is 5.38. The molecule has 1 heterocycles. The van der Waals surface area contributed by atoms with Crippen LogP contribution in [-0.4, -0.2) is 18.0 Å². The molecule has 0 aliphatic heterocycles. The van der Waals surface area contributed by atoms with Gasteiger partial charge in [0.2, 0.25) is 5.91 Å². The number of ether oxygens (including phenoxy) is 1. The molecule has 2 aromatic carbocycles. The zero-order valence-electron chi connectivity index (χ0n) is 15.4. The van der Waals surface area contributed by atoms with Gasteiger partial charge < -0.3 is 10.1 Å². The number of hydrogen-bond acceptors (Lipinski definition) is 4. The van der Waals surface area contributed by atoms with E-state index in [4.69, 9.17) is 4.74 Å². The Hall–Kier alpha value is -2.66. The van der Waals surface area contributed by atoms with Gasteiger partial charge in [0, 0.05) is 10.9 Å². The molecule has 5 heteroatoms. The lowest BCUT2D eigenvalue weighted by atomic mass is 10.0. The van der Waals surface area contributed by atoms with Crippen LogP contribution >= 0.6 is 11.3 Å². The minimum absolute atomic E-state index is 0.0727. The number of nitrogens with one attached hydrogen (secondary N) is 1. The molecule has 1 amide bonds. The highest BCUT2D eigenvalue weighted by atomic mass is 32.1. The lowest BCUT2D eigenvalue weighted by Crippen LogP contribution is -2.14. The van der Waals surface area contributed by atoms with Crippen LogP contribution in [0.4, 0.5) is 5.13 Å². The third-order valence-electron chi connectivity index (χ3n) is 4.24. The molecule has 0 saturated carbocycles. The van der Waals surface area contributed by atoms with Gasteiger partial charge in [-0.15, -0.1) is 11.3 Å². The highest BCUT2D eigenvalue weighted by Crippen LogP contribution is 2.28. The number of nitrogens with zero attached hydrogens (tertiary/aromatic N) is 1. The van der Waals surface area contributed by atoms with Gasteiger partial charge in [-0.1, -0.05) is 29.8 Å². The minimum Gasteiger partial charge on any atom is -0.496 e. The van der Waals surface area contributed by atoms with E-state index < -0.39 is 0 Å². The average Bonchev–Trinajstić information content (AvgIpc) is 3.05. The van der Waals surface area contributed by atoms with E-state index in [0.29, 0.717) is 11.6 Å². The number of carbonyl (C=O) groups is 1. The second kappa shape index (κ2) is 7.70. The number of carbonyl (C=O) groups excluding carboxylic acids is 1. The summed E-state index contributed by atoms with van der Waals surface area (Å²) in [5.74, 6) is 0.753. The largest absolute Gasteiger partial charge is 0.496 e. The molecule has 4 nitrogen and oxygen atoms in total. The summed E-state index contributed by atoms with van der Waals surface area (Å²) in [7, 11) is 1.64. The van der Waals surface area contributed by atoms with Gasteiger partial charge in [0.1, 0.15) is 5.75 Å². The quantitative estimate of drug-likeness (QED) is 0.697. The molecule has 0 atom stereocenters. The van der Waals surface area contributed by atoms with Crippen LogP contribution in [-0.2, 0) is 11.2 Å². The van der Waals surface area contributed by atoms with Crippen molar-refractivity contribution in [3.05, 3.63) is 64.0 Å². The van der Waals surface area contributed by atoms with Crippen molar-refractivity contribution in [2.45, 2.75) is 27.2 Å². The topological polar surface area (TPSA) is 51.2 Å². The Morgan fingerprint density at radius 1 is 1.12 bits per heavy atom. The molecule has 3 aromatic rings. The van der Waals surface area contributed by atoms with E-state index in [1.165, 1.54) is 22.5 Å². The molecule has 0 aliphatic carbocycles. The van der Waals surface area contributed by atoms with E-state index >= 15 is 0 Å². The van der Waals surface area contributed by atoms with Crippen molar-refractivity contribution in [3.63, 3.8) is 0 Å². The van der Waals surface area contributed by atoms with E-state index in [9.17, 15) is 4.79 Å². The summed E-state index contributed by atoms with van der Waals surface area (Å²) >= 11 is 1.44. The van der Waals surface area contributed by atoms with Gasteiger partial charge in [-0.25, -0.2) is 4.98 Å². The van der Waals surface area contributed by atoms with Gasteiger partial charge >= 0.3 is 0 Å². The fourth-order valence-corrected chi connectivity index (χ4v) is 3.59. The van der Waals surface area contributed by atoms with E-state index in [1.54, 1.807) is 7.11 Å². The summed E-state index contributed by atoms with van der Waals surface area (Å²) in [5.41, 5.74) is 6.34. The second-order valence-corrected chi connectivity index (χ2v) is 7.24. The smallest absolute Gasteiger partial charge is 0.230 e. The molecule has 26 heavy (non-hydrogen) atoms. The maximum atomic E-state index is 12.3. The van der Waals surface area contributed by atoms with E-state index in [1.807, 2.05) is 30.5 Å². The van der Waals surface area contributed by atoms with Crippen LogP contribution in [0.15, 0.2) is 41.8 Å². The van der Waals surface area contributed by atoms with Crippen LogP contribution in [0.2, 0.25) is 0 Å². The highest BCUT2D eigenvalue weighted by Gasteiger charge is 2.11. The first-order valence-corrected chi connectivity index (χ1v) is 9.31. The fraction of sp³-hybridized carbons (Fsp3) is 0.238. The van der Waals surface area contributed by atoms with Gasteiger partial charge in [0.25, 0.3) is 0 Å². The van der Waals surface area contributed by atoms with Crippen molar-refractivity contribution in [1.82, 2.24) is 4.98 Å². The van der Waals surface area contributed by atoms with Gasteiger partial charge in [-0.3, -0.25) is 4.79 Å². The third kappa shape index (κ3) is 4.11. The molecule has 0 unspecified atom stereocenters. The number of methoxy groups -OCH3 is 1. The molecule has 0 spiro atoms. The molecule has 0 bridgehead atoms. The summed E-state index contributed by atoms with van der Waals surface area (Å²) in [6, 6.07) is 12.1. The van der Waals surface area contributed by atoms with Crippen molar-refractivity contribution in [3.8, 4) is 17.0 Å². The van der Waals surface area contributed by atoms with Gasteiger partial charge in [0.05, 0.1) is 19.2 Å². The van der Waals surface area contributed by atoms with Crippen LogP contribution in [0.3, 0.4) is 0 Å². The average molecular weight is 366 g/mol. The molecular formula is C21H22N2O2S. The summed E-state index contributed by atoms with van der Waals surface area (Å²) in [6.45, 7) is 6.10.